The second kappa shape index (κ2) is 3.14. The molecular weight excluding hydrogens is 176 g/mol. The lowest BCUT2D eigenvalue weighted by Crippen LogP contribution is -1.93. The van der Waals surface area contributed by atoms with Gasteiger partial charge in [-0.05, 0) is 35.7 Å². The van der Waals surface area contributed by atoms with Crippen LogP contribution in [-0.4, -0.2) is 11.1 Å². The van der Waals surface area contributed by atoms with Crippen molar-refractivity contribution in [2.75, 3.05) is 0 Å². The Bertz CT molecular complexity index is 460. The van der Waals surface area contributed by atoms with E-state index in [1.165, 1.54) is 0 Å². The standard InChI is InChI=1S/C12H10O2/c1-8-5-9-3-2-4-10(12(13)14)7-11(9)6-8/h2-7H,1H3,(H,13,14). The third-order valence-electron chi connectivity index (χ3n) is 2.21. The second-order valence-electron chi connectivity index (χ2n) is 3.37. The maximum atomic E-state index is 10.8. The zero-order valence-corrected chi connectivity index (χ0v) is 7.82. The number of carboxylic acid groups (broad SMARTS) is 1. The molecule has 0 atom stereocenters. The summed E-state index contributed by atoms with van der Waals surface area (Å²) in [6, 6.07) is 11.0. The Labute approximate surface area is 82.2 Å². The smallest absolute Gasteiger partial charge is 0.335 e. The molecule has 0 radical (unpaired) electrons. The molecular formula is C12H10O2. The van der Waals surface area contributed by atoms with Crippen molar-refractivity contribution in [2.45, 2.75) is 6.92 Å². The molecule has 0 aliphatic heterocycles. The third kappa shape index (κ3) is 1.46. The summed E-state index contributed by atoms with van der Waals surface area (Å²) in [6.45, 7) is 2.00. The molecule has 2 aliphatic carbocycles. The fourth-order valence-corrected chi connectivity index (χ4v) is 1.57. The monoisotopic (exact) mass is 186 g/mol. The van der Waals surface area contributed by atoms with Crippen molar-refractivity contribution in [1.29, 1.82) is 0 Å². The van der Waals surface area contributed by atoms with E-state index in [1.807, 2.05) is 25.1 Å². The highest BCUT2D eigenvalue weighted by atomic mass is 16.4. The first-order valence-electron chi connectivity index (χ1n) is 4.40. The molecule has 0 aromatic rings. The fraction of sp³-hybridized carbons (Fsp3) is 0.0833. The van der Waals surface area contributed by atoms with E-state index in [-0.39, 0.29) is 0 Å². The normalized spacial score (nSPS) is 10.4. The molecule has 2 aliphatic rings. The first-order chi connectivity index (χ1) is 6.66. The molecule has 70 valence electrons. The van der Waals surface area contributed by atoms with Crippen molar-refractivity contribution in [3.63, 3.8) is 0 Å². The molecule has 0 aromatic carbocycles. The van der Waals surface area contributed by atoms with Gasteiger partial charge in [-0.15, -0.1) is 0 Å². The summed E-state index contributed by atoms with van der Waals surface area (Å²) < 4.78 is 0. The van der Waals surface area contributed by atoms with E-state index in [1.54, 1.807) is 18.2 Å². The maximum Gasteiger partial charge on any atom is 0.335 e. The molecule has 0 unspecified atom stereocenters. The van der Waals surface area contributed by atoms with E-state index in [0.29, 0.717) is 5.56 Å². The van der Waals surface area contributed by atoms with E-state index >= 15 is 0 Å². The molecule has 2 nitrogen and oxygen atoms in total. The number of aromatic carboxylic acids is 1. The number of hydrogen-bond acceptors (Lipinski definition) is 1. The van der Waals surface area contributed by atoms with Crippen LogP contribution in [0.1, 0.15) is 15.9 Å². The Morgan fingerprint density at radius 2 is 1.86 bits per heavy atom. The van der Waals surface area contributed by atoms with Gasteiger partial charge < -0.3 is 5.11 Å². The van der Waals surface area contributed by atoms with Crippen LogP contribution in [0.4, 0.5) is 0 Å². The van der Waals surface area contributed by atoms with Crippen LogP contribution in [-0.2, 0) is 0 Å². The van der Waals surface area contributed by atoms with Gasteiger partial charge in [0.15, 0.2) is 0 Å². The van der Waals surface area contributed by atoms with Crippen molar-refractivity contribution >= 4 is 5.97 Å². The zero-order valence-electron chi connectivity index (χ0n) is 7.82. The lowest BCUT2D eigenvalue weighted by atomic mass is 10.2. The number of fused-ring (bicyclic) bond motifs is 1. The molecule has 0 bridgehead atoms. The Morgan fingerprint density at radius 1 is 1.14 bits per heavy atom. The molecule has 2 heteroatoms. The number of rotatable bonds is 1. The van der Waals surface area contributed by atoms with Crippen molar-refractivity contribution < 1.29 is 9.90 Å². The minimum absolute atomic E-state index is 0.325. The van der Waals surface area contributed by atoms with Crippen molar-refractivity contribution in [3.8, 4) is 11.1 Å². The Balaban J connectivity index is 2.66. The van der Waals surface area contributed by atoms with Crippen molar-refractivity contribution in [1.82, 2.24) is 0 Å². The van der Waals surface area contributed by atoms with E-state index in [2.05, 4.69) is 0 Å². The Kier molecular flexibility index (Phi) is 1.97. The van der Waals surface area contributed by atoms with Crippen LogP contribution >= 0.6 is 0 Å². The van der Waals surface area contributed by atoms with Crippen molar-refractivity contribution in [2.24, 2.45) is 0 Å². The molecule has 14 heavy (non-hydrogen) atoms. The highest BCUT2D eigenvalue weighted by Gasteiger charge is 2.06. The molecule has 0 saturated carbocycles. The Hall–Kier alpha value is -1.83. The van der Waals surface area contributed by atoms with Gasteiger partial charge in [-0.1, -0.05) is 24.3 Å². The van der Waals surface area contributed by atoms with Gasteiger partial charge in [0.05, 0.1) is 5.56 Å². The fourth-order valence-electron chi connectivity index (χ4n) is 1.57. The van der Waals surface area contributed by atoms with Gasteiger partial charge in [0, 0.05) is 0 Å². The van der Waals surface area contributed by atoms with Crippen molar-refractivity contribution in [3.05, 3.63) is 47.5 Å². The van der Waals surface area contributed by atoms with Gasteiger partial charge >= 0.3 is 5.97 Å². The highest BCUT2D eigenvalue weighted by molar-refractivity contribution is 5.89. The van der Waals surface area contributed by atoms with Crippen LogP contribution in [0.3, 0.4) is 0 Å². The molecule has 1 N–H and O–H groups in total. The summed E-state index contributed by atoms with van der Waals surface area (Å²) >= 11 is 0. The summed E-state index contributed by atoms with van der Waals surface area (Å²) in [6.07, 6.45) is 0. The predicted octanol–water partition coefficient (Wildman–Crippen LogP) is 2.80. The minimum atomic E-state index is -0.888. The quantitative estimate of drug-likeness (QED) is 0.743. The average Bonchev–Trinajstić information content (AvgIpc) is 2.32. The predicted molar refractivity (Wildman–Crippen MR) is 54.8 cm³/mol. The van der Waals surface area contributed by atoms with Crippen LogP contribution in [0.25, 0.3) is 11.1 Å². The highest BCUT2D eigenvalue weighted by Crippen LogP contribution is 2.25. The van der Waals surface area contributed by atoms with Gasteiger partial charge in [0.25, 0.3) is 0 Å². The topological polar surface area (TPSA) is 37.3 Å². The first-order valence-corrected chi connectivity index (χ1v) is 4.40. The molecule has 0 fully saturated rings. The van der Waals surface area contributed by atoms with Gasteiger partial charge in [0.1, 0.15) is 0 Å². The largest absolute Gasteiger partial charge is 0.478 e. The number of aryl methyl sites for hydroxylation is 1. The summed E-state index contributed by atoms with van der Waals surface area (Å²) in [5, 5.41) is 8.86. The van der Waals surface area contributed by atoms with Gasteiger partial charge in [-0.3, -0.25) is 0 Å². The van der Waals surface area contributed by atoms with Crippen LogP contribution in [0.5, 0.6) is 0 Å². The van der Waals surface area contributed by atoms with Gasteiger partial charge in [-0.25, -0.2) is 4.79 Å². The van der Waals surface area contributed by atoms with E-state index in [4.69, 9.17) is 5.11 Å². The SMILES string of the molecule is Cc1cc2cccc(C(=O)O)cc-2c1. The first kappa shape index (κ1) is 8.75. The van der Waals surface area contributed by atoms with E-state index in [0.717, 1.165) is 16.7 Å². The minimum Gasteiger partial charge on any atom is -0.478 e. The van der Waals surface area contributed by atoms with E-state index < -0.39 is 5.97 Å². The van der Waals surface area contributed by atoms with Gasteiger partial charge in [0.2, 0.25) is 0 Å². The molecule has 0 aromatic heterocycles. The third-order valence-corrected chi connectivity index (χ3v) is 2.21. The summed E-state index contributed by atoms with van der Waals surface area (Å²) in [5.74, 6) is -0.888. The van der Waals surface area contributed by atoms with Crippen LogP contribution in [0, 0.1) is 6.92 Å². The van der Waals surface area contributed by atoms with Crippen LogP contribution < -0.4 is 0 Å². The average molecular weight is 186 g/mol. The summed E-state index contributed by atoms with van der Waals surface area (Å²) in [7, 11) is 0. The summed E-state index contributed by atoms with van der Waals surface area (Å²) in [5.41, 5.74) is 3.54. The van der Waals surface area contributed by atoms with E-state index in [9.17, 15) is 4.79 Å². The molecule has 0 amide bonds. The van der Waals surface area contributed by atoms with Crippen LogP contribution in [0.2, 0.25) is 0 Å². The Morgan fingerprint density at radius 3 is 2.57 bits per heavy atom. The number of carboxylic acids is 1. The van der Waals surface area contributed by atoms with Gasteiger partial charge in [-0.2, -0.15) is 0 Å². The zero-order chi connectivity index (χ0) is 10.1. The lowest BCUT2D eigenvalue weighted by Gasteiger charge is -1.90. The van der Waals surface area contributed by atoms with Crippen LogP contribution in [0.15, 0.2) is 36.4 Å². The number of carbonyl (C=O) groups is 1. The molecule has 0 spiro atoms. The lowest BCUT2D eigenvalue weighted by molar-refractivity contribution is 0.0697. The second-order valence-corrected chi connectivity index (χ2v) is 3.37. The molecule has 2 rings (SSSR count). The number of hydrogen-bond donors (Lipinski definition) is 1. The molecule has 0 saturated heterocycles. The maximum absolute atomic E-state index is 10.8. The molecule has 0 heterocycles. The summed E-state index contributed by atoms with van der Waals surface area (Å²) in [4.78, 5) is 10.8.